The monoisotopic (exact) mass is 142 g/mol. The Morgan fingerprint density at radius 1 is 1.70 bits per heavy atom. The molecule has 0 amide bonds. The fourth-order valence-electron chi connectivity index (χ4n) is 1.22. The van der Waals surface area contributed by atoms with Gasteiger partial charge in [0.2, 0.25) is 0 Å². The predicted molar refractivity (Wildman–Crippen MR) is 40.5 cm³/mol. The molecule has 58 valence electrons. The van der Waals surface area contributed by atoms with Crippen LogP contribution in [0.1, 0.15) is 19.8 Å². The Hall–Kier alpha value is -0.570. The lowest BCUT2D eigenvalue weighted by molar-refractivity contribution is 0.243. The van der Waals surface area contributed by atoms with Gasteiger partial charge in [-0.25, -0.2) is 0 Å². The summed E-state index contributed by atoms with van der Waals surface area (Å²) in [5.41, 5.74) is 0.936. The summed E-state index contributed by atoms with van der Waals surface area (Å²) in [6, 6.07) is 0.527. The van der Waals surface area contributed by atoms with Crippen molar-refractivity contribution in [1.82, 2.24) is 4.90 Å². The van der Waals surface area contributed by atoms with Crippen molar-refractivity contribution in [3.63, 3.8) is 0 Å². The largest absolute Gasteiger partial charge is 0.411 e. The van der Waals surface area contributed by atoms with E-state index < -0.39 is 0 Å². The topological polar surface area (TPSA) is 35.8 Å². The molecule has 0 bridgehead atoms. The van der Waals surface area contributed by atoms with Crippen molar-refractivity contribution in [3.05, 3.63) is 0 Å². The molecule has 1 aliphatic rings. The zero-order valence-corrected chi connectivity index (χ0v) is 6.54. The molecule has 3 heteroatoms. The Balaban J connectivity index is 2.48. The minimum atomic E-state index is 0.527. The molecule has 0 spiro atoms. The zero-order valence-electron chi connectivity index (χ0n) is 6.54. The van der Waals surface area contributed by atoms with Gasteiger partial charge in [-0.3, -0.25) is 0 Å². The third-order valence-corrected chi connectivity index (χ3v) is 2.18. The molecular weight excluding hydrogens is 128 g/mol. The summed E-state index contributed by atoms with van der Waals surface area (Å²) in [5, 5.41) is 11.7. The third kappa shape index (κ3) is 1.48. The van der Waals surface area contributed by atoms with E-state index in [1.165, 1.54) is 0 Å². The van der Waals surface area contributed by atoms with Crippen LogP contribution in [0.3, 0.4) is 0 Å². The first kappa shape index (κ1) is 7.54. The minimum absolute atomic E-state index is 0.527. The van der Waals surface area contributed by atoms with Crippen LogP contribution in [0.4, 0.5) is 0 Å². The molecule has 0 aromatic rings. The van der Waals surface area contributed by atoms with Crippen LogP contribution in [0.25, 0.3) is 0 Å². The van der Waals surface area contributed by atoms with Crippen LogP contribution >= 0.6 is 0 Å². The number of hydrogen-bond donors (Lipinski definition) is 1. The highest BCUT2D eigenvalue weighted by Crippen LogP contribution is 2.11. The van der Waals surface area contributed by atoms with E-state index in [9.17, 15) is 0 Å². The standard InChI is InChI=1S/C7H14N2O/c1-6-5-7(8-10)3-4-9(6)2/h6,10H,3-5H2,1-2H3/b8-7+. The quantitative estimate of drug-likeness (QED) is 0.403. The smallest absolute Gasteiger partial charge is 0.0599 e. The number of hydrogen-bond acceptors (Lipinski definition) is 3. The van der Waals surface area contributed by atoms with Crippen molar-refractivity contribution in [2.75, 3.05) is 13.6 Å². The fourth-order valence-corrected chi connectivity index (χ4v) is 1.22. The summed E-state index contributed by atoms with van der Waals surface area (Å²) in [6.45, 7) is 3.16. The van der Waals surface area contributed by atoms with E-state index in [-0.39, 0.29) is 0 Å². The molecule has 1 rings (SSSR count). The van der Waals surface area contributed by atoms with E-state index in [1.807, 2.05) is 0 Å². The molecule has 0 saturated carbocycles. The Bertz CT molecular complexity index is 145. The second-order valence-corrected chi connectivity index (χ2v) is 2.95. The van der Waals surface area contributed by atoms with Gasteiger partial charge in [0.05, 0.1) is 5.71 Å². The van der Waals surface area contributed by atoms with Crippen LogP contribution in [-0.2, 0) is 0 Å². The summed E-state index contributed by atoms with van der Waals surface area (Å²) >= 11 is 0. The van der Waals surface area contributed by atoms with Crippen LogP contribution in [0, 0.1) is 0 Å². The van der Waals surface area contributed by atoms with Crippen LogP contribution in [0.2, 0.25) is 0 Å². The molecule has 1 atom stereocenters. The number of nitrogens with zero attached hydrogens (tertiary/aromatic N) is 2. The lowest BCUT2D eigenvalue weighted by Gasteiger charge is -2.29. The fraction of sp³-hybridized carbons (Fsp3) is 0.857. The maximum Gasteiger partial charge on any atom is 0.0599 e. The first-order valence-corrected chi connectivity index (χ1v) is 3.64. The summed E-state index contributed by atoms with van der Waals surface area (Å²) in [6.07, 6.45) is 1.82. The number of likely N-dealkylation sites (tertiary alicyclic amines) is 1. The average Bonchev–Trinajstić information content (AvgIpc) is 1.95. The first-order valence-electron chi connectivity index (χ1n) is 3.64. The van der Waals surface area contributed by atoms with Crippen LogP contribution in [-0.4, -0.2) is 35.5 Å². The lowest BCUT2D eigenvalue weighted by atomic mass is 10.0. The van der Waals surface area contributed by atoms with Crippen molar-refractivity contribution in [1.29, 1.82) is 0 Å². The molecule has 1 aliphatic heterocycles. The summed E-state index contributed by atoms with van der Waals surface area (Å²) in [5.74, 6) is 0. The van der Waals surface area contributed by atoms with E-state index in [4.69, 9.17) is 5.21 Å². The van der Waals surface area contributed by atoms with Crippen molar-refractivity contribution in [3.8, 4) is 0 Å². The van der Waals surface area contributed by atoms with Gasteiger partial charge < -0.3 is 10.1 Å². The number of oxime groups is 1. The van der Waals surface area contributed by atoms with Gasteiger partial charge in [-0.05, 0) is 14.0 Å². The van der Waals surface area contributed by atoms with Crippen LogP contribution in [0.15, 0.2) is 5.16 Å². The average molecular weight is 142 g/mol. The molecule has 1 heterocycles. The predicted octanol–water partition coefficient (Wildman–Crippen LogP) is 0.931. The molecule has 0 radical (unpaired) electrons. The SMILES string of the molecule is CC1C/C(=N/O)CCN1C. The molecule has 3 nitrogen and oxygen atoms in total. The van der Waals surface area contributed by atoms with Crippen LogP contribution < -0.4 is 0 Å². The van der Waals surface area contributed by atoms with Crippen molar-refractivity contribution in [2.45, 2.75) is 25.8 Å². The molecule has 1 saturated heterocycles. The summed E-state index contributed by atoms with van der Waals surface area (Å²) in [7, 11) is 2.10. The molecule has 1 fully saturated rings. The van der Waals surface area contributed by atoms with E-state index in [1.54, 1.807) is 0 Å². The Kier molecular flexibility index (Phi) is 2.27. The zero-order chi connectivity index (χ0) is 7.56. The molecule has 0 aliphatic carbocycles. The van der Waals surface area contributed by atoms with E-state index >= 15 is 0 Å². The highest BCUT2D eigenvalue weighted by Gasteiger charge is 2.18. The number of piperidine rings is 1. The van der Waals surface area contributed by atoms with Crippen molar-refractivity contribution in [2.24, 2.45) is 5.16 Å². The highest BCUT2D eigenvalue weighted by molar-refractivity contribution is 5.85. The molecule has 1 N–H and O–H groups in total. The molecular formula is C7H14N2O. The third-order valence-electron chi connectivity index (χ3n) is 2.18. The van der Waals surface area contributed by atoms with Gasteiger partial charge in [-0.1, -0.05) is 5.16 Å². The van der Waals surface area contributed by atoms with Gasteiger partial charge >= 0.3 is 0 Å². The maximum absolute atomic E-state index is 8.46. The van der Waals surface area contributed by atoms with Gasteiger partial charge in [0.15, 0.2) is 0 Å². The van der Waals surface area contributed by atoms with Crippen molar-refractivity contribution >= 4 is 5.71 Å². The maximum atomic E-state index is 8.46. The summed E-state index contributed by atoms with van der Waals surface area (Å²) in [4.78, 5) is 2.27. The van der Waals surface area contributed by atoms with Gasteiger partial charge in [-0.2, -0.15) is 0 Å². The van der Waals surface area contributed by atoms with Gasteiger partial charge in [0.1, 0.15) is 0 Å². The first-order chi connectivity index (χ1) is 4.74. The van der Waals surface area contributed by atoms with Crippen molar-refractivity contribution < 1.29 is 5.21 Å². The van der Waals surface area contributed by atoms with Gasteiger partial charge in [0.25, 0.3) is 0 Å². The lowest BCUT2D eigenvalue weighted by Crippen LogP contribution is -2.37. The second-order valence-electron chi connectivity index (χ2n) is 2.95. The summed E-state index contributed by atoms with van der Waals surface area (Å²) < 4.78 is 0. The Labute approximate surface area is 61.3 Å². The Morgan fingerprint density at radius 2 is 2.40 bits per heavy atom. The normalized spacial score (nSPS) is 33.0. The second kappa shape index (κ2) is 3.01. The van der Waals surface area contributed by atoms with E-state index in [0.717, 1.165) is 25.1 Å². The van der Waals surface area contributed by atoms with Gasteiger partial charge in [0, 0.05) is 25.4 Å². The van der Waals surface area contributed by atoms with E-state index in [2.05, 4.69) is 24.0 Å². The number of rotatable bonds is 0. The van der Waals surface area contributed by atoms with Crippen LogP contribution in [0.5, 0.6) is 0 Å². The molecule has 1 unspecified atom stereocenters. The molecule has 0 aromatic heterocycles. The Morgan fingerprint density at radius 3 is 2.90 bits per heavy atom. The minimum Gasteiger partial charge on any atom is -0.411 e. The van der Waals surface area contributed by atoms with Gasteiger partial charge in [-0.15, -0.1) is 0 Å². The highest BCUT2D eigenvalue weighted by atomic mass is 16.4. The molecule has 10 heavy (non-hydrogen) atoms. The molecule has 0 aromatic carbocycles. The van der Waals surface area contributed by atoms with E-state index in [0.29, 0.717) is 6.04 Å².